The van der Waals surface area contributed by atoms with Crippen molar-refractivity contribution < 1.29 is 19.0 Å². The first kappa shape index (κ1) is 15.4. The van der Waals surface area contributed by atoms with Gasteiger partial charge < -0.3 is 19.5 Å². The van der Waals surface area contributed by atoms with Gasteiger partial charge in [0.05, 0.1) is 18.6 Å². The molecule has 1 saturated heterocycles. The van der Waals surface area contributed by atoms with Gasteiger partial charge in [0.2, 0.25) is 5.91 Å². The van der Waals surface area contributed by atoms with Gasteiger partial charge in [0.15, 0.2) is 6.29 Å². The topological polar surface area (TPSA) is 56.8 Å². The van der Waals surface area contributed by atoms with Gasteiger partial charge in [0, 0.05) is 19.8 Å². The van der Waals surface area contributed by atoms with Crippen molar-refractivity contribution in [2.45, 2.75) is 46.0 Å². The molecule has 0 aromatic rings. The fourth-order valence-electron chi connectivity index (χ4n) is 2.20. The number of amides is 1. The zero-order valence-corrected chi connectivity index (χ0v) is 11.6. The third-order valence-corrected chi connectivity index (χ3v) is 3.10. The van der Waals surface area contributed by atoms with Crippen molar-refractivity contribution in [1.82, 2.24) is 5.32 Å². The molecular weight excluding hydrogens is 234 g/mol. The Bertz CT molecular complexity index is 241. The Labute approximate surface area is 109 Å². The van der Waals surface area contributed by atoms with Gasteiger partial charge in [-0.05, 0) is 26.7 Å². The zero-order valence-electron chi connectivity index (χ0n) is 11.6. The summed E-state index contributed by atoms with van der Waals surface area (Å²) in [6, 6.07) is 0. The smallest absolute Gasteiger partial charge is 0.225 e. The van der Waals surface area contributed by atoms with E-state index in [9.17, 15) is 4.79 Å². The molecule has 18 heavy (non-hydrogen) atoms. The lowest BCUT2D eigenvalue weighted by atomic mass is 9.99. The van der Waals surface area contributed by atoms with Gasteiger partial charge in [-0.15, -0.1) is 0 Å². The Hall–Kier alpha value is -0.650. The van der Waals surface area contributed by atoms with Gasteiger partial charge in [-0.1, -0.05) is 6.92 Å². The van der Waals surface area contributed by atoms with Gasteiger partial charge in [-0.2, -0.15) is 0 Å². The maximum atomic E-state index is 12.0. The SMILES string of the molecule is CCOC(CNC(=O)C1CCOC1CC)OCC. The van der Waals surface area contributed by atoms with E-state index in [-0.39, 0.29) is 24.2 Å². The van der Waals surface area contributed by atoms with Crippen molar-refractivity contribution in [3.05, 3.63) is 0 Å². The minimum Gasteiger partial charge on any atom is -0.377 e. The van der Waals surface area contributed by atoms with E-state index < -0.39 is 0 Å². The molecule has 1 amide bonds. The van der Waals surface area contributed by atoms with E-state index in [2.05, 4.69) is 5.32 Å². The van der Waals surface area contributed by atoms with E-state index in [0.717, 1.165) is 12.8 Å². The van der Waals surface area contributed by atoms with E-state index in [0.29, 0.717) is 26.4 Å². The fraction of sp³-hybridized carbons (Fsp3) is 0.923. The number of carbonyl (C=O) groups is 1. The van der Waals surface area contributed by atoms with Crippen molar-refractivity contribution in [3.8, 4) is 0 Å². The summed E-state index contributed by atoms with van der Waals surface area (Å²) in [6.45, 7) is 8.08. The molecule has 1 fully saturated rings. The molecule has 1 aliphatic heterocycles. The standard InChI is InChI=1S/C13H25NO4/c1-4-11-10(7-8-18-11)13(15)14-9-12(16-5-2)17-6-3/h10-12H,4-9H2,1-3H3,(H,14,15). The van der Waals surface area contributed by atoms with Gasteiger partial charge in [0.25, 0.3) is 0 Å². The summed E-state index contributed by atoms with van der Waals surface area (Å²) >= 11 is 0. The molecule has 0 saturated carbocycles. The normalized spacial score (nSPS) is 23.6. The van der Waals surface area contributed by atoms with Crippen LogP contribution in [0.1, 0.15) is 33.6 Å². The number of rotatable bonds is 8. The van der Waals surface area contributed by atoms with Gasteiger partial charge >= 0.3 is 0 Å². The lowest BCUT2D eigenvalue weighted by Crippen LogP contribution is -2.40. The largest absolute Gasteiger partial charge is 0.377 e. The Morgan fingerprint density at radius 3 is 2.56 bits per heavy atom. The molecule has 0 aromatic heterocycles. The quantitative estimate of drug-likeness (QED) is 0.668. The van der Waals surface area contributed by atoms with Crippen LogP contribution in [0, 0.1) is 5.92 Å². The Balaban J connectivity index is 2.34. The number of hydrogen-bond acceptors (Lipinski definition) is 4. The van der Waals surface area contributed by atoms with E-state index in [1.54, 1.807) is 0 Å². The van der Waals surface area contributed by atoms with Crippen LogP contribution in [0.3, 0.4) is 0 Å². The molecule has 5 heteroatoms. The second-order valence-corrected chi connectivity index (χ2v) is 4.30. The zero-order chi connectivity index (χ0) is 13.4. The van der Waals surface area contributed by atoms with E-state index in [1.165, 1.54) is 0 Å². The first-order valence-corrected chi connectivity index (χ1v) is 6.85. The molecule has 106 valence electrons. The number of nitrogens with one attached hydrogen (secondary N) is 1. The first-order chi connectivity index (χ1) is 8.72. The highest BCUT2D eigenvalue weighted by Crippen LogP contribution is 2.23. The van der Waals surface area contributed by atoms with Crippen LogP contribution in [0.15, 0.2) is 0 Å². The third-order valence-electron chi connectivity index (χ3n) is 3.10. The lowest BCUT2D eigenvalue weighted by molar-refractivity contribution is -0.143. The highest BCUT2D eigenvalue weighted by molar-refractivity contribution is 5.79. The van der Waals surface area contributed by atoms with Gasteiger partial charge in [-0.3, -0.25) is 4.79 Å². The van der Waals surface area contributed by atoms with Crippen LogP contribution >= 0.6 is 0 Å². The molecule has 1 heterocycles. The average molecular weight is 259 g/mol. The fourth-order valence-corrected chi connectivity index (χ4v) is 2.20. The summed E-state index contributed by atoms with van der Waals surface area (Å²) in [5.41, 5.74) is 0. The second kappa shape index (κ2) is 8.45. The summed E-state index contributed by atoms with van der Waals surface area (Å²) in [7, 11) is 0. The Morgan fingerprint density at radius 2 is 2.00 bits per heavy atom. The summed E-state index contributed by atoms with van der Waals surface area (Å²) in [5, 5.41) is 2.89. The number of carbonyl (C=O) groups excluding carboxylic acids is 1. The van der Waals surface area contributed by atoms with Crippen molar-refractivity contribution >= 4 is 5.91 Å². The predicted octanol–water partition coefficient (Wildman–Crippen LogP) is 1.32. The van der Waals surface area contributed by atoms with E-state index in [1.807, 2.05) is 20.8 Å². The third kappa shape index (κ3) is 4.55. The van der Waals surface area contributed by atoms with Crippen molar-refractivity contribution in [2.75, 3.05) is 26.4 Å². The molecule has 1 N–H and O–H groups in total. The number of hydrogen-bond donors (Lipinski definition) is 1. The summed E-state index contributed by atoms with van der Waals surface area (Å²) in [6.07, 6.45) is 1.38. The summed E-state index contributed by atoms with van der Waals surface area (Å²) in [5.74, 6) is 0.0164. The number of ether oxygens (including phenoxy) is 3. The van der Waals surface area contributed by atoms with Crippen LogP contribution in [0.25, 0.3) is 0 Å². The highest BCUT2D eigenvalue weighted by Gasteiger charge is 2.32. The van der Waals surface area contributed by atoms with Gasteiger partial charge in [0.1, 0.15) is 0 Å². The molecule has 0 bridgehead atoms. The van der Waals surface area contributed by atoms with Crippen molar-refractivity contribution in [3.63, 3.8) is 0 Å². The minimum atomic E-state index is -0.355. The molecule has 0 aromatic carbocycles. The average Bonchev–Trinajstić information content (AvgIpc) is 2.84. The van der Waals surface area contributed by atoms with E-state index >= 15 is 0 Å². The molecule has 1 aliphatic rings. The summed E-state index contributed by atoms with van der Waals surface area (Å²) in [4.78, 5) is 12.0. The Kier molecular flexibility index (Phi) is 7.23. The van der Waals surface area contributed by atoms with Gasteiger partial charge in [-0.25, -0.2) is 0 Å². The predicted molar refractivity (Wildman–Crippen MR) is 68.2 cm³/mol. The first-order valence-electron chi connectivity index (χ1n) is 6.85. The van der Waals surface area contributed by atoms with Crippen molar-refractivity contribution in [2.24, 2.45) is 5.92 Å². The molecule has 1 rings (SSSR count). The van der Waals surface area contributed by atoms with Crippen LogP contribution in [-0.2, 0) is 19.0 Å². The second-order valence-electron chi connectivity index (χ2n) is 4.30. The maximum Gasteiger partial charge on any atom is 0.225 e. The molecule has 0 radical (unpaired) electrons. The highest BCUT2D eigenvalue weighted by atomic mass is 16.7. The van der Waals surface area contributed by atoms with Crippen LogP contribution < -0.4 is 5.32 Å². The lowest BCUT2D eigenvalue weighted by Gasteiger charge is -2.20. The van der Waals surface area contributed by atoms with Crippen molar-refractivity contribution in [1.29, 1.82) is 0 Å². The minimum absolute atomic E-state index is 0.0288. The van der Waals surface area contributed by atoms with Crippen LogP contribution in [0.2, 0.25) is 0 Å². The monoisotopic (exact) mass is 259 g/mol. The summed E-state index contributed by atoms with van der Waals surface area (Å²) < 4.78 is 16.3. The molecule has 0 aliphatic carbocycles. The molecular formula is C13H25NO4. The van der Waals surface area contributed by atoms with Crippen LogP contribution in [0.5, 0.6) is 0 Å². The molecule has 2 unspecified atom stereocenters. The molecule has 2 atom stereocenters. The van der Waals surface area contributed by atoms with Crippen LogP contribution in [0.4, 0.5) is 0 Å². The van der Waals surface area contributed by atoms with E-state index in [4.69, 9.17) is 14.2 Å². The Morgan fingerprint density at radius 1 is 1.33 bits per heavy atom. The maximum absolute atomic E-state index is 12.0. The molecule has 0 spiro atoms. The molecule has 5 nitrogen and oxygen atoms in total. The van der Waals surface area contributed by atoms with Crippen LogP contribution in [-0.4, -0.2) is 44.7 Å².